The molecule has 10 heteroatoms. The van der Waals surface area contributed by atoms with Gasteiger partial charge in [0.15, 0.2) is 0 Å². The number of anilines is 1. The van der Waals surface area contributed by atoms with E-state index in [1.54, 1.807) is 17.0 Å². The Balaban J connectivity index is 1.85. The van der Waals surface area contributed by atoms with Gasteiger partial charge in [-0.1, -0.05) is 6.07 Å². The van der Waals surface area contributed by atoms with E-state index in [2.05, 4.69) is 30.8 Å². The van der Waals surface area contributed by atoms with Crippen LogP contribution in [0.25, 0.3) is 0 Å². The molecule has 1 fully saturated rings. The number of nitrogens with one attached hydrogen (secondary N) is 2. The van der Waals surface area contributed by atoms with Gasteiger partial charge in [0, 0.05) is 13.1 Å². The summed E-state index contributed by atoms with van der Waals surface area (Å²) in [6.07, 6.45) is 0.791. The predicted octanol–water partition coefficient (Wildman–Crippen LogP) is 0.979. The molecule has 1 aromatic rings. The molecule has 0 bridgehead atoms. The Morgan fingerprint density at radius 2 is 2.36 bits per heavy atom. The minimum Gasteiger partial charge on any atom is -0.453 e. The van der Waals surface area contributed by atoms with Gasteiger partial charge in [-0.2, -0.15) is 5.11 Å². The number of halogens is 1. The second kappa shape index (κ2) is 7.24. The number of piperazine rings is 1. The van der Waals surface area contributed by atoms with E-state index in [0.717, 1.165) is 0 Å². The second-order valence-corrected chi connectivity index (χ2v) is 5.56. The van der Waals surface area contributed by atoms with Crippen LogP contribution in [0.15, 0.2) is 33.6 Å². The van der Waals surface area contributed by atoms with Gasteiger partial charge in [0.1, 0.15) is 11.9 Å². The van der Waals surface area contributed by atoms with Crippen molar-refractivity contribution in [1.82, 2.24) is 10.6 Å². The van der Waals surface area contributed by atoms with Crippen molar-refractivity contribution in [2.24, 2.45) is 15.4 Å². The van der Waals surface area contributed by atoms with Crippen molar-refractivity contribution in [2.45, 2.75) is 12.1 Å². The summed E-state index contributed by atoms with van der Waals surface area (Å²) in [5.41, 5.74) is 0.822. The van der Waals surface area contributed by atoms with Gasteiger partial charge in [-0.25, -0.2) is 9.18 Å². The zero-order valence-corrected chi connectivity index (χ0v) is 13.5. The molecule has 1 aromatic carbocycles. The molecule has 2 atom stereocenters. The van der Waals surface area contributed by atoms with Crippen LogP contribution in [0.1, 0.15) is 11.6 Å². The first-order valence-electron chi connectivity index (χ1n) is 7.67. The van der Waals surface area contributed by atoms with Crippen molar-refractivity contribution in [3.8, 4) is 0 Å². The van der Waals surface area contributed by atoms with Crippen LogP contribution in [0.3, 0.4) is 0 Å². The average Bonchev–Trinajstić information content (AvgIpc) is 3.13. The monoisotopic (exact) mass is 348 g/mol. The Kier molecular flexibility index (Phi) is 4.87. The maximum absolute atomic E-state index is 14.6. The maximum atomic E-state index is 14.6. The third kappa shape index (κ3) is 3.73. The number of methoxy groups -OCH3 is 1. The van der Waals surface area contributed by atoms with Gasteiger partial charge in [0.05, 0.1) is 31.6 Å². The van der Waals surface area contributed by atoms with Crippen molar-refractivity contribution in [2.75, 3.05) is 31.6 Å². The van der Waals surface area contributed by atoms with E-state index in [-0.39, 0.29) is 12.5 Å². The third-order valence-corrected chi connectivity index (χ3v) is 3.97. The fourth-order valence-electron chi connectivity index (χ4n) is 2.74. The van der Waals surface area contributed by atoms with Crippen LogP contribution in [0, 0.1) is 5.82 Å². The molecule has 2 unspecified atom stereocenters. The minimum atomic E-state index is -0.671. The first-order valence-corrected chi connectivity index (χ1v) is 7.67. The lowest BCUT2D eigenvalue weighted by molar-refractivity contribution is -0.120. The summed E-state index contributed by atoms with van der Waals surface area (Å²) in [7, 11) is 1.24. The van der Waals surface area contributed by atoms with Gasteiger partial charge in [-0.15, -0.1) is 5.10 Å². The molecule has 25 heavy (non-hydrogen) atoms. The smallest absolute Gasteiger partial charge is 0.407 e. The van der Waals surface area contributed by atoms with Gasteiger partial charge in [0.25, 0.3) is 0 Å². The molecule has 2 aliphatic rings. The van der Waals surface area contributed by atoms with Crippen LogP contribution in [-0.4, -0.2) is 51.0 Å². The van der Waals surface area contributed by atoms with E-state index in [1.807, 2.05) is 0 Å². The summed E-state index contributed by atoms with van der Waals surface area (Å²) in [6.45, 7) is 1.09. The summed E-state index contributed by atoms with van der Waals surface area (Å²) in [5.74, 6) is -0.640. The van der Waals surface area contributed by atoms with Crippen LogP contribution in [0.2, 0.25) is 0 Å². The Morgan fingerprint density at radius 1 is 1.52 bits per heavy atom. The van der Waals surface area contributed by atoms with Crippen molar-refractivity contribution in [1.29, 1.82) is 0 Å². The zero-order chi connectivity index (χ0) is 17.8. The number of hydrogen-bond acceptors (Lipinski definition) is 7. The van der Waals surface area contributed by atoms with E-state index in [0.29, 0.717) is 24.3 Å². The minimum absolute atomic E-state index is 0.101. The fourth-order valence-corrected chi connectivity index (χ4v) is 2.74. The molecule has 9 nitrogen and oxygen atoms in total. The first-order chi connectivity index (χ1) is 12.1. The van der Waals surface area contributed by atoms with Crippen LogP contribution in [-0.2, 0) is 9.53 Å². The molecule has 2 aliphatic heterocycles. The molecule has 1 saturated heterocycles. The van der Waals surface area contributed by atoms with Crippen molar-refractivity contribution in [3.05, 3.63) is 29.6 Å². The number of amides is 2. The van der Waals surface area contributed by atoms with E-state index in [9.17, 15) is 14.0 Å². The fraction of sp³-hybridized carbons (Fsp3) is 0.400. The number of hydrogen-bond donors (Lipinski definition) is 2. The van der Waals surface area contributed by atoms with Crippen molar-refractivity contribution in [3.63, 3.8) is 0 Å². The molecule has 2 N–H and O–H groups in total. The molecule has 3 rings (SSSR count). The lowest BCUT2D eigenvalue weighted by Gasteiger charge is -2.29. The number of carbonyl (C=O) groups is 2. The Hall–Kier alpha value is -3.04. The molecular formula is C15H17FN6O3. The summed E-state index contributed by atoms with van der Waals surface area (Å²) < 4.78 is 19.2. The molecule has 0 spiro atoms. The predicted molar refractivity (Wildman–Crippen MR) is 87.0 cm³/mol. The molecule has 0 aliphatic carbocycles. The second-order valence-electron chi connectivity index (χ2n) is 5.56. The van der Waals surface area contributed by atoms with Gasteiger partial charge in [-0.05, 0) is 22.9 Å². The molecule has 0 aromatic heterocycles. The highest BCUT2D eigenvalue weighted by atomic mass is 19.1. The highest BCUT2D eigenvalue weighted by molar-refractivity contribution is 5.82. The van der Waals surface area contributed by atoms with Gasteiger partial charge in [0.2, 0.25) is 5.91 Å². The van der Waals surface area contributed by atoms with Crippen molar-refractivity contribution < 1.29 is 18.7 Å². The van der Waals surface area contributed by atoms with Crippen LogP contribution in [0.4, 0.5) is 14.9 Å². The van der Waals surface area contributed by atoms with Gasteiger partial charge >= 0.3 is 6.09 Å². The maximum Gasteiger partial charge on any atom is 0.407 e. The summed E-state index contributed by atoms with van der Waals surface area (Å²) in [6, 6.07) is 3.34. The number of benzene rings is 1. The Morgan fingerprint density at radius 3 is 3.00 bits per heavy atom. The van der Waals surface area contributed by atoms with E-state index in [4.69, 9.17) is 0 Å². The summed E-state index contributed by atoms with van der Waals surface area (Å²) in [5, 5.41) is 16.4. The summed E-state index contributed by atoms with van der Waals surface area (Å²) >= 11 is 0. The van der Waals surface area contributed by atoms with Crippen LogP contribution < -0.4 is 15.5 Å². The SMILES string of the molecule is COC(=O)NC(c1ccc(N2CCNC(=O)C2)c(F)c1)C1C=NN=N1. The lowest BCUT2D eigenvalue weighted by atomic mass is 9.99. The highest BCUT2D eigenvalue weighted by Gasteiger charge is 2.28. The van der Waals surface area contributed by atoms with Gasteiger partial charge < -0.3 is 20.3 Å². The Labute approximate surface area is 142 Å². The van der Waals surface area contributed by atoms with Crippen molar-refractivity contribution >= 4 is 23.9 Å². The number of ether oxygens (including phenoxy) is 1. The average molecular weight is 348 g/mol. The normalized spacial score (nSPS) is 20.3. The molecule has 132 valence electrons. The Bertz CT molecular complexity index is 726. The first kappa shape index (κ1) is 16.8. The van der Waals surface area contributed by atoms with Crippen LogP contribution in [0.5, 0.6) is 0 Å². The van der Waals surface area contributed by atoms with Gasteiger partial charge in [-0.3, -0.25) is 4.79 Å². The number of rotatable bonds is 4. The lowest BCUT2D eigenvalue weighted by Crippen LogP contribution is -2.48. The standard InChI is InChI=1S/C15H17FN6O3/c1-25-15(24)19-14(11-7-18-21-20-11)9-2-3-12(10(16)6-9)22-5-4-17-13(23)8-22/h2-3,6-7,11,14H,4-5,8H2,1H3,(H,17,23)(H,19,24). The summed E-state index contributed by atoms with van der Waals surface area (Å²) in [4.78, 5) is 24.7. The molecule has 2 amide bonds. The van der Waals surface area contributed by atoms with E-state index in [1.165, 1.54) is 19.4 Å². The molecule has 2 heterocycles. The highest BCUT2D eigenvalue weighted by Crippen LogP contribution is 2.27. The largest absolute Gasteiger partial charge is 0.453 e. The number of nitrogens with zero attached hydrogens (tertiary/aromatic N) is 4. The number of alkyl carbamates (subject to hydrolysis) is 1. The molecule has 0 radical (unpaired) electrons. The topological polar surface area (TPSA) is 108 Å². The van der Waals surface area contributed by atoms with Crippen LogP contribution >= 0.6 is 0 Å². The quantitative estimate of drug-likeness (QED) is 0.845. The van der Waals surface area contributed by atoms with E-state index < -0.39 is 24.0 Å². The zero-order valence-electron chi connectivity index (χ0n) is 13.5. The molecule has 0 saturated carbocycles. The van der Waals surface area contributed by atoms with E-state index >= 15 is 0 Å². The molecular weight excluding hydrogens is 331 g/mol. The number of carbonyl (C=O) groups excluding carboxylic acids is 2. The third-order valence-electron chi connectivity index (χ3n) is 3.97.